The van der Waals surface area contributed by atoms with Crippen molar-refractivity contribution in [3.63, 3.8) is 0 Å². The van der Waals surface area contributed by atoms with Crippen LogP contribution < -0.4 is 15.5 Å². The molecule has 0 unspecified atom stereocenters. The Labute approximate surface area is 170 Å². The third-order valence-corrected chi connectivity index (χ3v) is 5.42. The van der Waals surface area contributed by atoms with E-state index in [9.17, 15) is 18.0 Å². The molecule has 0 radical (unpaired) electrons. The molecule has 0 aliphatic rings. The lowest BCUT2D eigenvalue weighted by Gasteiger charge is -2.08. The van der Waals surface area contributed by atoms with Crippen LogP contribution in [-0.4, -0.2) is 24.3 Å². The van der Waals surface area contributed by atoms with Crippen LogP contribution in [-0.2, 0) is 10.0 Å². The fourth-order valence-corrected chi connectivity index (χ4v) is 3.61. The third kappa shape index (κ3) is 4.03. The summed E-state index contributed by atoms with van der Waals surface area (Å²) in [5, 5.41) is 2.94. The van der Waals surface area contributed by atoms with E-state index < -0.39 is 15.9 Å². The summed E-state index contributed by atoms with van der Waals surface area (Å²) in [6.45, 7) is 0. The van der Waals surface area contributed by atoms with Gasteiger partial charge in [-0.15, -0.1) is 0 Å². The number of nitrogens with zero attached hydrogens (tertiary/aromatic N) is 2. The SMILES string of the molecule is O=C(Nc1ccc(S(=O)(=O)Nc2ncccn2)cc1)c1cc(=O)c2ccccc2o1. The lowest BCUT2D eigenvalue weighted by atomic mass is 10.2. The van der Waals surface area contributed by atoms with E-state index in [-0.39, 0.29) is 22.0 Å². The topological polar surface area (TPSA) is 131 Å². The Balaban J connectivity index is 1.52. The first-order chi connectivity index (χ1) is 14.4. The monoisotopic (exact) mass is 422 g/mol. The number of fused-ring (bicyclic) bond motifs is 1. The molecule has 0 aliphatic carbocycles. The smallest absolute Gasteiger partial charge is 0.291 e. The molecule has 0 saturated carbocycles. The van der Waals surface area contributed by atoms with E-state index >= 15 is 0 Å². The lowest BCUT2D eigenvalue weighted by molar-refractivity contribution is 0.0997. The van der Waals surface area contributed by atoms with E-state index in [0.29, 0.717) is 16.7 Å². The summed E-state index contributed by atoms with van der Waals surface area (Å²) in [4.78, 5) is 32.2. The summed E-state index contributed by atoms with van der Waals surface area (Å²) in [5.74, 6) is -0.844. The number of anilines is 2. The highest BCUT2D eigenvalue weighted by atomic mass is 32.2. The molecular weight excluding hydrogens is 408 g/mol. The van der Waals surface area contributed by atoms with Crippen molar-refractivity contribution in [1.29, 1.82) is 0 Å². The van der Waals surface area contributed by atoms with E-state index in [1.807, 2.05) is 0 Å². The molecule has 9 nitrogen and oxygen atoms in total. The van der Waals surface area contributed by atoms with Crippen molar-refractivity contribution in [2.75, 3.05) is 10.0 Å². The Hall–Kier alpha value is -4.05. The Morgan fingerprint density at radius 1 is 0.933 bits per heavy atom. The van der Waals surface area contributed by atoms with Gasteiger partial charge in [-0.3, -0.25) is 9.59 Å². The predicted molar refractivity (Wildman–Crippen MR) is 110 cm³/mol. The Bertz CT molecular complexity index is 1380. The van der Waals surface area contributed by atoms with Crippen molar-refractivity contribution in [2.45, 2.75) is 4.90 Å². The first-order valence-electron chi connectivity index (χ1n) is 8.66. The molecule has 2 heterocycles. The van der Waals surface area contributed by atoms with E-state index in [2.05, 4.69) is 20.0 Å². The number of sulfonamides is 1. The Morgan fingerprint density at radius 3 is 2.37 bits per heavy atom. The maximum atomic E-state index is 12.4. The van der Waals surface area contributed by atoms with Crippen LogP contribution in [0.25, 0.3) is 11.0 Å². The van der Waals surface area contributed by atoms with Gasteiger partial charge in [0.2, 0.25) is 5.95 Å². The number of benzene rings is 2. The van der Waals surface area contributed by atoms with Gasteiger partial charge in [0, 0.05) is 24.1 Å². The summed E-state index contributed by atoms with van der Waals surface area (Å²) in [6.07, 6.45) is 2.82. The van der Waals surface area contributed by atoms with Gasteiger partial charge in [-0.2, -0.15) is 0 Å². The zero-order valence-electron chi connectivity index (χ0n) is 15.3. The summed E-state index contributed by atoms with van der Waals surface area (Å²) >= 11 is 0. The van der Waals surface area contributed by atoms with Crippen molar-refractivity contribution >= 4 is 38.5 Å². The van der Waals surface area contributed by atoms with Crippen molar-refractivity contribution < 1.29 is 17.6 Å². The van der Waals surface area contributed by atoms with Gasteiger partial charge in [0.05, 0.1) is 10.3 Å². The van der Waals surface area contributed by atoms with Crippen molar-refractivity contribution in [3.05, 3.63) is 89.0 Å². The molecule has 0 aliphatic heterocycles. The summed E-state index contributed by atoms with van der Waals surface area (Å²) in [6, 6.07) is 14.7. The van der Waals surface area contributed by atoms with E-state index in [0.717, 1.165) is 6.07 Å². The van der Waals surface area contributed by atoms with Gasteiger partial charge >= 0.3 is 0 Å². The first-order valence-corrected chi connectivity index (χ1v) is 10.1. The number of hydrogen-bond acceptors (Lipinski definition) is 7. The largest absolute Gasteiger partial charge is 0.451 e. The third-order valence-electron chi connectivity index (χ3n) is 4.07. The molecule has 4 aromatic rings. The zero-order chi connectivity index (χ0) is 21.1. The van der Waals surface area contributed by atoms with E-state index in [1.54, 1.807) is 30.3 Å². The zero-order valence-corrected chi connectivity index (χ0v) is 16.1. The second kappa shape index (κ2) is 7.76. The van der Waals surface area contributed by atoms with E-state index in [4.69, 9.17) is 4.42 Å². The van der Waals surface area contributed by atoms with Gasteiger partial charge < -0.3 is 9.73 Å². The van der Waals surface area contributed by atoms with Gasteiger partial charge in [-0.25, -0.2) is 23.1 Å². The van der Waals surface area contributed by atoms with Crippen LogP contribution in [0.5, 0.6) is 0 Å². The maximum absolute atomic E-state index is 12.4. The van der Waals surface area contributed by atoms with Crippen LogP contribution in [0.4, 0.5) is 11.6 Å². The molecule has 30 heavy (non-hydrogen) atoms. The minimum absolute atomic E-state index is 0.0369. The number of carbonyl (C=O) groups is 1. The van der Waals surface area contributed by atoms with Crippen LogP contribution in [0.2, 0.25) is 0 Å². The van der Waals surface area contributed by atoms with Gasteiger partial charge in [0.15, 0.2) is 11.2 Å². The average molecular weight is 422 g/mol. The second-order valence-electron chi connectivity index (χ2n) is 6.13. The van der Waals surface area contributed by atoms with Crippen LogP contribution in [0, 0.1) is 0 Å². The number of rotatable bonds is 5. The number of hydrogen-bond donors (Lipinski definition) is 2. The normalized spacial score (nSPS) is 11.2. The molecule has 0 atom stereocenters. The molecule has 0 spiro atoms. The average Bonchev–Trinajstić information content (AvgIpc) is 2.74. The van der Waals surface area contributed by atoms with Crippen molar-refractivity contribution in [3.8, 4) is 0 Å². The highest BCUT2D eigenvalue weighted by Gasteiger charge is 2.16. The van der Waals surface area contributed by atoms with Crippen LogP contribution in [0.15, 0.2) is 87.2 Å². The van der Waals surface area contributed by atoms with Gasteiger partial charge in [-0.05, 0) is 42.5 Å². The number of nitrogens with one attached hydrogen (secondary N) is 2. The molecule has 150 valence electrons. The fourth-order valence-electron chi connectivity index (χ4n) is 2.66. The minimum atomic E-state index is -3.89. The molecule has 0 bridgehead atoms. The number of aromatic nitrogens is 2. The lowest BCUT2D eigenvalue weighted by Crippen LogP contribution is -2.16. The fraction of sp³-hybridized carbons (Fsp3) is 0. The maximum Gasteiger partial charge on any atom is 0.291 e. The molecule has 2 N–H and O–H groups in total. The molecular formula is C20H14N4O5S. The molecule has 2 aromatic carbocycles. The summed E-state index contributed by atoms with van der Waals surface area (Å²) in [5.41, 5.74) is 0.286. The van der Waals surface area contributed by atoms with Crippen LogP contribution >= 0.6 is 0 Å². The highest BCUT2D eigenvalue weighted by molar-refractivity contribution is 7.92. The number of carbonyl (C=O) groups excluding carboxylic acids is 1. The van der Waals surface area contributed by atoms with Crippen LogP contribution in [0.1, 0.15) is 10.6 Å². The van der Waals surface area contributed by atoms with Crippen molar-refractivity contribution in [2.24, 2.45) is 0 Å². The number of para-hydroxylation sites is 1. The summed E-state index contributed by atoms with van der Waals surface area (Å²) in [7, 11) is -3.89. The number of amides is 1. The molecule has 10 heteroatoms. The van der Waals surface area contributed by atoms with E-state index in [1.165, 1.54) is 36.7 Å². The quantitative estimate of drug-likeness (QED) is 0.505. The standard InChI is InChI=1S/C20H14N4O5S/c25-16-12-18(29-17-5-2-1-4-15(16)17)19(26)23-13-6-8-14(9-7-13)30(27,28)24-20-21-10-3-11-22-20/h1-12H,(H,23,26)(H,21,22,24). The second-order valence-corrected chi connectivity index (χ2v) is 7.81. The van der Waals surface area contributed by atoms with Crippen molar-refractivity contribution in [1.82, 2.24) is 9.97 Å². The predicted octanol–water partition coefficient (Wildman–Crippen LogP) is 2.64. The van der Waals surface area contributed by atoms with Gasteiger partial charge in [0.25, 0.3) is 15.9 Å². The van der Waals surface area contributed by atoms with Gasteiger partial charge in [0.1, 0.15) is 5.58 Å². The highest BCUT2D eigenvalue weighted by Crippen LogP contribution is 2.18. The Kier molecular flexibility index (Phi) is 4.98. The molecule has 0 fully saturated rings. The molecule has 1 amide bonds. The first kappa shape index (κ1) is 19.3. The molecule has 2 aromatic heterocycles. The van der Waals surface area contributed by atoms with Gasteiger partial charge in [-0.1, -0.05) is 12.1 Å². The van der Waals surface area contributed by atoms with Crippen LogP contribution in [0.3, 0.4) is 0 Å². The Morgan fingerprint density at radius 2 is 1.63 bits per heavy atom. The minimum Gasteiger partial charge on any atom is -0.451 e. The molecule has 0 saturated heterocycles. The summed E-state index contributed by atoms with van der Waals surface area (Å²) < 4.78 is 32.5. The molecule has 4 rings (SSSR count).